The van der Waals surface area contributed by atoms with E-state index in [1.165, 1.54) is 6.26 Å². The van der Waals surface area contributed by atoms with Gasteiger partial charge in [0.05, 0.1) is 15.4 Å². The Labute approximate surface area is 158 Å². The van der Waals surface area contributed by atoms with E-state index in [9.17, 15) is 8.42 Å². The fourth-order valence-electron chi connectivity index (χ4n) is 2.42. The first kappa shape index (κ1) is 17.7. The van der Waals surface area contributed by atoms with Crippen molar-refractivity contribution in [3.8, 4) is 0 Å². The van der Waals surface area contributed by atoms with Crippen LogP contribution < -0.4 is 0 Å². The van der Waals surface area contributed by atoms with Gasteiger partial charge in [-0.3, -0.25) is 0 Å². The molecule has 24 heavy (non-hydrogen) atoms. The van der Waals surface area contributed by atoms with Gasteiger partial charge in [-0.25, -0.2) is 13.4 Å². The second-order valence-corrected chi connectivity index (χ2v) is 9.12. The number of benzene rings is 2. The summed E-state index contributed by atoms with van der Waals surface area (Å²) >= 11 is 16.3. The summed E-state index contributed by atoms with van der Waals surface area (Å²) in [4.78, 5) is 4.68. The number of rotatable bonds is 3. The van der Waals surface area contributed by atoms with Crippen LogP contribution in [0.1, 0.15) is 11.1 Å². The zero-order chi connectivity index (χ0) is 17.5. The second-order valence-electron chi connectivity index (χ2n) is 5.45. The zero-order valence-corrected chi connectivity index (χ0v) is 16.5. The number of pyridine rings is 1. The van der Waals surface area contributed by atoms with Crippen LogP contribution in [0.25, 0.3) is 10.9 Å². The van der Waals surface area contributed by atoms with Crippen LogP contribution in [0, 0.1) is 0 Å². The fourth-order valence-corrected chi connectivity index (χ4v) is 4.02. The van der Waals surface area contributed by atoms with Crippen molar-refractivity contribution in [1.29, 1.82) is 0 Å². The maximum Gasteiger partial charge on any atom is 0.175 e. The third-order valence-corrected chi connectivity index (χ3v) is 6.03. The molecule has 0 saturated carbocycles. The van der Waals surface area contributed by atoms with Crippen molar-refractivity contribution < 1.29 is 8.42 Å². The summed E-state index contributed by atoms with van der Waals surface area (Å²) < 4.78 is 24.0. The smallest absolute Gasteiger partial charge is 0.175 e. The van der Waals surface area contributed by atoms with Crippen LogP contribution in [0.4, 0.5) is 0 Å². The maximum absolute atomic E-state index is 11.5. The number of aromatic nitrogens is 1. The number of hydrogen-bond donors (Lipinski definition) is 0. The molecule has 3 nitrogen and oxygen atoms in total. The molecule has 1 heterocycles. The van der Waals surface area contributed by atoms with E-state index in [-0.39, 0.29) is 4.90 Å². The molecule has 3 aromatic rings. The quantitative estimate of drug-likeness (QED) is 0.515. The Morgan fingerprint density at radius 2 is 1.75 bits per heavy atom. The van der Waals surface area contributed by atoms with Crippen molar-refractivity contribution in [2.45, 2.75) is 11.3 Å². The molecule has 0 aliphatic rings. The van der Waals surface area contributed by atoms with Crippen molar-refractivity contribution in [3.63, 3.8) is 0 Å². The van der Waals surface area contributed by atoms with E-state index in [0.29, 0.717) is 16.6 Å². The summed E-state index contributed by atoms with van der Waals surface area (Å²) in [6.45, 7) is 0. The van der Waals surface area contributed by atoms with Gasteiger partial charge in [0.2, 0.25) is 0 Å². The number of hydrogen-bond acceptors (Lipinski definition) is 3. The van der Waals surface area contributed by atoms with E-state index >= 15 is 0 Å². The summed E-state index contributed by atoms with van der Waals surface area (Å²) in [5.74, 6) is 0. The standard InChI is InChI=1S/C17H12BrCl2NO2S/c1-24(22,23)12-5-2-10(3-6-12)8-14-16(19)13-9-11(18)4-7-15(13)21-17(14)20/h2-7,9H,8H2,1H3. The Morgan fingerprint density at radius 3 is 2.38 bits per heavy atom. The predicted octanol–water partition coefficient (Wildman–Crippen LogP) is 5.30. The van der Waals surface area contributed by atoms with Crippen molar-refractivity contribution in [3.05, 3.63) is 68.2 Å². The van der Waals surface area contributed by atoms with Gasteiger partial charge in [-0.2, -0.15) is 0 Å². The van der Waals surface area contributed by atoms with Gasteiger partial charge >= 0.3 is 0 Å². The highest BCUT2D eigenvalue weighted by Crippen LogP contribution is 2.34. The highest BCUT2D eigenvalue weighted by atomic mass is 79.9. The normalized spacial score (nSPS) is 11.8. The van der Waals surface area contributed by atoms with E-state index in [4.69, 9.17) is 23.2 Å². The molecule has 7 heteroatoms. The van der Waals surface area contributed by atoms with Crippen LogP contribution in [-0.2, 0) is 16.3 Å². The van der Waals surface area contributed by atoms with Crippen molar-refractivity contribution in [2.24, 2.45) is 0 Å². The van der Waals surface area contributed by atoms with Gasteiger partial charge in [0.25, 0.3) is 0 Å². The SMILES string of the molecule is CS(=O)(=O)c1ccc(Cc2c(Cl)nc3ccc(Br)cc3c2Cl)cc1. The molecular weight excluding hydrogens is 433 g/mol. The molecule has 0 bridgehead atoms. The predicted molar refractivity (Wildman–Crippen MR) is 102 cm³/mol. The Balaban J connectivity index is 2.04. The molecule has 1 aromatic heterocycles. The van der Waals surface area contributed by atoms with Crippen molar-refractivity contribution in [2.75, 3.05) is 6.26 Å². The summed E-state index contributed by atoms with van der Waals surface area (Å²) in [7, 11) is -3.21. The van der Waals surface area contributed by atoms with E-state index < -0.39 is 9.84 Å². The molecule has 0 atom stereocenters. The summed E-state index contributed by atoms with van der Waals surface area (Å²) in [5, 5.41) is 1.72. The van der Waals surface area contributed by atoms with E-state index in [1.807, 2.05) is 18.2 Å². The number of sulfone groups is 1. The Kier molecular flexibility index (Phi) is 4.89. The van der Waals surface area contributed by atoms with E-state index in [2.05, 4.69) is 20.9 Å². The lowest BCUT2D eigenvalue weighted by molar-refractivity contribution is 0.602. The highest BCUT2D eigenvalue weighted by molar-refractivity contribution is 9.10. The minimum atomic E-state index is -3.21. The van der Waals surface area contributed by atoms with Crippen LogP contribution in [0.5, 0.6) is 0 Å². The molecule has 0 radical (unpaired) electrons. The first-order chi connectivity index (χ1) is 11.3. The Morgan fingerprint density at radius 1 is 1.08 bits per heavy atom. The van der Waals surface area contributed by atoms with Crippen LogP contribution in [-0.4, -0.2) is 19.7 Å². The lowest BCUT2D eigenvalue weighted by Crippen LogP contribution is -1.98. The van der Waals surface area contributed by atoms with Gasteiger partial charge in [-0.1, -0.05) is 51.3 Å². The summed E-state index contributed by atoms with van der Waals surface area (Å²) in [6, 6.07) is 12.3. The van der Waals surface area contributed by atoms with Gasteiger partial charge in [0, 0.05) is 28.1 Å². The van der Waals surface area contributed by atoms with Gasteiger partial charge in [0.1, 0.15) is 5.15 Å². The molecule has 0 saturated heterocycles. The fraction of sp³-hybridized carbons (Fsp3) is 0.118. The molecule has 0 aliphatic heterocycles. The number of nitrogens with zero attached hydrogens (tertiary/aromatic N) is 1. The van der Waals surface area contributed by atoms with Crippen molar-refractivity contribution >= 4 is 59.9 Å². The molecule has 0 amide bonds. The Hall–Kier alpha value is -1.14. The third kappa shape index (κ3) is 3.59. The molecule has 124 valence electrons. The number of halogens is 3. The Bertz CT molecular complexity index is 1030. The lowest BCUT2D eigenvalue weighted by Gasteiger charge is -2.10. The van der Waals surface area contributed by atoms with Crippen LogP contribution in [0.3, 0.4) is 0 Å². The molecule has 0 fully saturated rings. The van der Waals surface area contributed by atoms with Gasteiger partial charge in [-0.15, -0.1) is 0 Å². The first-order valence-corrected chi connectivity index (χ1v) is 10.4. The minimum absolute atomic E-state index is 0.281. The van der Waals surface area contributed by atoms with Gasteiger partial charge in [-0.05, 0) is 35.9 Å². The van der Waals surface area contributed by atoms with Crippen LogP contribution in [0.2, 0.25) is 10.2 Å². The first-order valence-electron chi connectivity index (χ1n) is 6.98. The van der Waals surface area contributed by atoms with Crippen LogP contribution >= 0.6 is 39.1 Å². The third-order valence-electron chi connectivity index (χ3n) is 3.66. The van der Waals surface area contributed by atoms with Gasteiger partial charge in [0.15, 0.2) is 9.84 Å². The highest BCUT2D eigenvalue weighted by Gasteiger charge is 2.14. The molecule has 0 unspecified atom stereocenters. The zero-order valence-electron chi connectivity index (χ0n) is 12.6. The average molecular weight is 445 g/mol. The molecule has 3 rings (SSSR count). The summed E-state index contributed by atoms with van der Waals surface area (Å²) in [6.07, 6.45) is 1.65. The molecule has 2 aromatic carbocycles. The topological polar surface area (TPSA) is 47.0 Å². The maximum atomic E-state index is 11.5. The van der Waals surface area contributed by atoms with Gasteiger partial charge < -0.3 is 0 Å². The summed E-state index contributed by atoms with van der Waals surface area (Å²) in [5.41, 5.74) is 2.35. The monoisotopic (exact) mass is 443 g/mol. The minimum Gasteiger partial charge on any atom is -0.236 e. The molecule has 0 spiro atoms. The van der Waals surface area contributed by atoms with Crippen LogP contribution in [0.15, 0.2) is 51.8 Å². The molecule has 0 aliphatic carbocycles. The van der Waals surface area contributed by atoms with E-state index in [1.54, 1.807) is 24.3 Å². The van der Waals surface area contributed by atoms with E-state index in [0.717, 1.165) is 26.5 Å². The average Bonchev–Trinajstić information content (AvgIpc) is 2.52. The largest absolute Gasteiger partial charge is 0.236 e. The van der Waals surface area contributed by atoms with Crippen molar-refractivity contribution in [1.82, 2.24) is 4.98 Å². The second kappa shape index (κ2) is 6.64. The molecular formula is C17H12BrCl2NO2S. The number of fused-ring (bicyclic) bond motifs is 1. The molecule has 0 N–H and O–H groups in total. The lowest BCUT2D eigenvalue weighted by atomic mass is 10.0.